The summed E-state index contributed by atoms with van der Waals surface area (Å²) in [6.07, 6.45) is 2.13. The summed E-state index contributed by atoms with van der Waals surface area (Å²) in [5.41, 5.74) is 7.09. The van der Waals surface area contributed by atoms with Gasteiger partial charge in [-0.3, -0.25) is 14.4 Å². The highest BCUT2D eigenvalue weighted by Gasteiger charge is 2.30. The molecule has 4 atom stereocenters. The van der Waals surface area contributed by atoms with Gasteiger partial charge in [0.25, 0.3) is 0 Å². The smallest absolute Gasteiger partial charge is 0.326 e. The summed E-state index contributed by atoms with van der Waals surface area (Å²) in [4.78, 5) is 51.0. The molecule has 1 aromatic carbocycles. The molecule has 0 fully saturated rings. The van der Waals surface area contributed by atoms with Gasteiger partial charge in [0, 0.05) is 29.9 Å². The van der Waals surface area contributed by atoms with Crippen LogP contribution in [0.3, 0.4) is 0 Å². The first-order chi connectivity index (χ1) is 15.1. The van der Waals surface area contributed by atoms with Crippen molar-refractivity contribution in [2.24, 2.45) is 11.7 Å². The Morgan fingerprint density at radius 2 is 1.78 bits per heavy atom. The number of nitrogens with one attached hydrogen (secondary N) is 3. The van der Waals surface area contributed by atoms with Crippen LogP contribution in [0.15, 0.2) is 30.5 Å². The third kappa shape index (κ3) is 6.55. The number of hydrogen-bond donors (Lipinski definition) is 6. The van der Waals surface area contributed by atoms with Crippen molar-refractivity contribution >= 4 is 34.7 Å². The minimum atomic E-state index is -1.22. The molecular formula is C22H30N4O6. The minimum absolute atomic E-state index is 0.0901. The van der Waals surface area contributed by atoms with Crippen LogP contribution in [0.1, 0.15) is 38.7 Å². The molecule has 174 valence electrons. The van der Waals surface area contributed by atoms with Gasteiger partial charge < -0.3 is 31.6 Å². The third-order valence-electron chi connectivity index (χ3n) is 5.53. The first-order valence-electron chi connectivity index (χ1n) is 10.5. The van der Waals surface area contributed by atoms with Gasteiger partial charge in [0.2, 0.25) is 11.8 Å². The molecule has 7 N–H and O–H groups in total. The van der Waals surface area contributed by atoms with Gasteiger partial charge in [0.15, 0.2) is 0 Å². The molecule has 0 aliphatic heterocycles. The van der Waals surface area contributed by atoms with E-state index in [0.29, 0.717) is 6.42 Å². The van der Waals surface area contributed by atoms with Gasteiger partial charge in [-0.15, -0.1) is 0 Å². The first-order valence-corrected chi connectivity index (χ1v) is 10.5. The Kier molecular flexibility index (Phi) is 8.77. The maximum absolute atomic E-state index is 13.0. The van der Waals surface area contributed by atoms with Crippen LogP contribution in [0.25, 0.3) is 10.9 Å². The highest BCUT2D eigenvalue weighted by atomic mass is 16.4. The Balaban J connectivity index is 2.21. The van der Waals surface area contributed by atoms with Crippen molar-refractivity contribution in [3.05, 3.63) is 36.0 Å². The van der Waals surface area contributed by atoms with E-state index in [1.165, 1.54) is 0 Å². The van der Waals surface area contributed by atoms with Crippen molar-refractivity contribution in [3.8, 4) is 0 Å². The number of aliphatic carboxylic acids is 2. The molecule has 0 bridgehead atoms. The molecule has 1 aromatic heterocycles. The Morgan fingerprint density at radius 1 is 1.09 bits per heavy atom. The van der Waals surface area contributed by atoms with Gasteiger partial charge in [0.05, 0.1) is 0 Å². The number of carboxylic acids is 2. The number of H-pyrrole nitrogens is 1. The van der Waals surface area contributed by atoms with Gasteiger partial charge in [0.1, 0.15) is 18.1 Å². The molecule has 0 saturated heterocycles. The summed E-state index contributed by atoms with van der Waals surface area (Å²) in [6.45, 7) is 3.54. The van der Waals surface area contributed by atoms with E-state index in [2.05, 4.69) is 15.6 Å². The molecule has 2 aromatic rings. The molecule has 10 nitrogen and oxygen atoms in total. The fourth-order valence-corrected chi connectivity index (χ4v) is 3.34. The lowest BCUT2D eigenvalue weighted by atomic mass is 9.98. The molecule has 2 rings (SSSR count). The summed E-state index contributed by atoms with van der Waals surface area (Å²) in [6, 6.07) is 4.13. The highest BCUT2D eigenvalue weighted by Crippen LogP contribution is 2.19. The molecule has 10 heteroatoms. The van der Waals surface area contributed by atoms with Crippen LogP contribution in [0.4, 0.5) is 0 Å². The highest BCUT2D eigenvalue weighted by molar-refractivity contribution is 5.92. The Bertz CT molecular complexity index is 972. The van der Waals surface area contributed by atoms with E-state index in [0.717, 1.165) is 16.5 Å². The van der Waals surface area contributed by atoms with E-state index < -0.39 is 41.9 Å². The lowest BCUT2D eigenvalue weighted by Crippen LogP contribution is -2.54. The van der Waals surface area contributed by atoms with Gasteiger partial charge in [-0.25, -0.2) is 4.79 Å². The number of carbonyl (C=O) groups excluding carboxylic acids is 2. The average Bonchev–Trinajstić information content (AvgIpc) is 3.17. The van der Waals surface area contributed by atoms with Crippen LogP contribution in [0.5, 0.6) is 0 Å². The van der Waals surface area contributed by atoms with Gasteiger partial charge in [-0.05, 0) is 24.0 Å². The predicted molar refractivity (Wildman–Crippen MR) is 118 cm³/mol. The van der Waals surface area contributed by atoms with E-state index in [1.54, 1.807) is 13.1 Å². The zero-order valence-electron chi connectivity index (χ0n) is 18.1. The molecule has 1 heterocycles. The van der Waals surface area contributed by atoms with Crippen molar-refractivity contribution in [2.75, 3.05) is 0 Å². The zero-order chi connectivity index (χ0) is 23.8. The fraction of sp³-hybridized carbons (Fsp3) is 0.455. The number of amides is 2. The van der Waals surface area contributed by atoms with Crippen LogP contribution >= 0.6 is 0 Å². The van der Waals surface area contributed by atoms with E-state index in [4.69, 9.17) is 10.8 Å². The molecular weight excluding hydrogens is 416 g/mol. The maximum Gasteiger partial charge on any atom is 0.326 e. The number of para-hydroxylation sites is 1. The summed E-state index contributed by atoms with van der Waals surface area (Å²) < 4.78 is 0. The van der Waals surface area contributed by atoms with Crippen LogP contribution in [0.2, 0.25) is 0 Å². The Hall–Kier alpha value is -3.40. The lowest BCUT2D eigenvalue weighted by molar-refractivity contribution is -0.143. The number of carboxylic acid groups (broad SMARTS) is 2. The van der Waals surface area contributed by atoms with Crippen molar-refractivity contribution in [3.63, 3.8) is 0 Å². The van der Waals surface area contributed by atoms with Crippen LogP contribution in [-0.4, -0.2) is 57.1 Å². The largest absolute Gasteiger partial charge is 0.480 e. The topological polar surface area (TPSA) is 175 Å². The summed E-state index contributed by atoms with van der Waals surface area (Å²) >= 11 is 0. The Morgan fingerprint density at radius 3 is 2.41 bits per heavy atom. The molecule has 32 heavy (non-hydrogen) atoms. The second-order valence-corrected chi connectivity index (χ2v) is 7.88. The van der Waals surface area contributed by atoms with Gasteiger partial charge in [-0.1, -0.05) is 38.5 Å². The number of hydrogen-bond acceptors (Lipinski definition) is 5. The number of aromatic amines is 1. The van der Waals surface area contributed by atoms with E-state index >= 15 is 0 Å². The fourth-order valence-electron chi connectivity index (χ4n) is 3.34. The number of carbonyl (C=O) groups is 4. The third-order valence-corrected chi connectivity index (χ3v) is 5.53. The number of benzene rings is 1. The average molecular weight is 447 g/mol. The van der Waals surface area contributed by atoms with E-state index in [9.17, 15) is 24.3 Å². The van der Waals surface area contributed by atoms with Crippen LogP contribution < -0.4 is 16.4 Å². The molecule has 0 spiro atoms. The Labute approximate surface area is 185 Å². The molecule has 0 aliphatic carbocycles. The van der Waals surface area contributed by atoms with Crippen molar-refractivity contribution in [1.29, 1.82) is 0 Å². The lowest BCUT2D eigenvalue weighted by Gasteiger charge is -2.24. The summed E-state index contributed by atoms with van der Waals surface area (Å²) in [5.74, 6) is -3.86. The second-order valence-electron chi connectivity index (χ2n) is 7.88. The zero-order valence-corrected chi connectivity index (χ0v) is 18.1. The predicted octanol–water partition coefficient (Wildman–Crippen LogP) is 1.00. The first kappa shape index (κ1) is 24.9. The number of rotatable bonds is 12. The van der Waals surface area contributed by atoms with Crippen LogP contribution in [-0.2, 0) is 25.6 Å². The summed E-state index contributed by atoms with van der Waals surface area (Å²) in [7, 11) is 0. The van der Waals surface area contributed by atoms with Crippen LogP contribution in [0, 0.1) is 5.92 Å². The molecule has 0 saturated carbocycles. The molecule has 1 unspecified atom stereocenters. The monoisotopic (exact) mass is 446 g/mol. The number of nitrogens with two attached hydrogens (primary N) is 1. The van der Waals surface area contributed by atoms with Crippen molar-refractivity contribution in [1.82, 2.24) is 15.6 Å². The normalized spacial score (nSPS) is 14.8. The standard InChI is InChI=1S/C22H30N4O6/c1-3-12(2)19(22(31)32)26-20(28)17(25-18(27)9-8-15(23)21(29)30)10-13-11-24-16-7-5-4-6-14(13)16/h4-7,11-12,15,17,19,24H,3,8-10,23H2,1-2H3,(H,25,27)(H,26,28)(H,29,30)(H,31,32)/t12-,15?,17+,19-/m0/s1. The maximum atomic E-state index is 13.0. The SMILES string of the molecule is CC[C@H](C)[C@H](NC(=O)[C@@H](Cc1c[nH]c2ccccc12)NC(=O)CCC(N)C(=O)O)C(=O)O. The quantitative estimate of drug-likeness (QED) is 0.282. The number of fused-ring (bicyclic) bond motifs is 1. The van der Waals surface area contributed by atoms with E-state index in [1.807, 2.05) is 31.2 Å². The summed E-state index contributed by atoms with van der Waals surface area (Å²) in [5, 5.41) is 24.4. The van der Waals surface area contributed by atoms with E-state index in [-0.39, 0.29) is 25.2 Å². The van der Waals surface area contributed by atoms with Crippen molar-refractivity contribution in [2.45, 2.75) is 57.7 Å². The molecule has 0 aliphatic rings. The molecule has 2 amide bonds. The van der Waals surface area contributed by atoms with Gasteiger partial charge in [-0.2, -0.15) is 0 Å². The van der Waals surface area contributed by atoms with Crippen molar-refractivity contribution < 1.29 is 29.4 Å². The van der Waals surface area contributed by atoms with Gasteiger partial charge >= 0.3 is 11.9 Å². The minimum Gasteiger partial charge on any atom is -0.480 e. The molecule has 0 radical (unpaired) electrons. The number of aromatic nitrogens is 1. The second kappa shape index (κ2) is 11.3.